The molecule has 21 heavy (non-hydrogen) atoms. The van der Waals surface area contributed by atoms with Crippen LogP contribution in [-0.4, -0.2) is 29.1 Å². The molecule has 1 spiro atoms. The van der Waals surface area contributed by atoms with Crippen molar-refractivity contribution in [3.63, 3.8) is 0 Å². The van der Waals surface area contributed by atoms with Crippen LogP contribution in [0.3, 0.4) is 0 Å². The molecule has 0 radical (unpaired) electrons. The molecule has 0 bridgehead atoms. The Labute approximate surface area is 118 Å². The lowest BCUT2D eigenvalue weighted by Crippen LogP contribution is -2.45. The first-order valence-electron chi connectivity index (χ1n) is 6.46. The van der Waals surface area contributed by atoms with Crippen LogP contribution in [0.2, 0.25) is 0 Å². The summed E-state index contributed by atoms with van der Waals surface area (Å²) in [4.78, 5) is 26.3. The molecule has 0 saturated carbocycles. The van der Waals surface area contributed by atoms with Gasteiger partial charge in [-0.3, -0.25) is 14.7 Å². The zero-order chi connectivity index (χ0) is 14.8. The van der Waals surface area contributed by atoms with Crippen molar-refractivity contribution in [2.75, 3.05) is 17.3 Å². The molecular formula is C14H11FN4O2. The third-order valence-electron chi connectivity index (χ3n) is 4.24. The second kappa shape index (κ2) is 3.69. The summed E-state index contributed by atoms with van der Waals surface area (Å²) in [5.41, 5.74) is 0.496. The van der Waals surface area contributed by atoms with E-state index in [2.05, 4.69) is 15.5 Å². The molecule has 106 valence electrons. The second-order valence-corrected chi connectivity index (χ2v) is 5.31. The number of amides is 2. The number of H-pyrrole nitrogens is 1. The van der Waals surface area contributed by atoms with Crippen LogP contribution in [0.4, 0.5) is 15.9 Å². The van der Waals surface area contributed by atoms with Gasteiger partial charge in [-0.15, -0.1) is 0 Å². The molecule has 2 aliphatic heterocycles. The van der Waals surface area contributed by atoms with Gasteiger partial charge >= 0.3 is 0 Å². The van der Waals surface area contributed by atoms with Gasteiger partial charge in [-0.25, -0.2) is 4.39 Å². The number of carbonyl (C=O) groups is 2. The van der Waals surface area contributed by atoms with Crippen molar-refractivity contribution in [2.45, 2.75) is 11.8 Å². The van der Waals surface area contributed by atoms with Gasteiger partial charge in [0.15, 0.2) is 0 Å². The summed E-state index contributed by atoms with van der Waals surface area (Å²) in [6.07, 6.45) is 1.46. The van der Waals surface area contributed by atoms with Gasteiger partial charge in [0.1, 0.15) is 17.1 Å². The number of carbonyl (C=O) groups excluding carboxylic acids is 2. The molecule has 6 nitrogen and oxygen atoms in total. The number of fused-ring (bicyclic) bond motifs is 4. The molecule has 2 aliphatic rings. The van der Waals surface area contributed by atoms with E-state index in [1.54, 1.807) is 13.1 Å². The molecule has 0 saturated heterocycles. The minimum absolute atomic E-state index is 0.0564. The average molecular weight is 286 g/mol. The van der Waals surface area contributed by atoms with Crippen molar-refractivity contribution in [1.82, 2.24) is 10.2 Å². The van der Waals surface area contributed by atoms with Gasteiger partial charge in [0.05, 0.1) is 6.20 Å². The van der Waals surface area contributed by atoms with Crippen LogP contribution in [0.1, 0.15) is 17.5 Å². The predicted octanol–water partition coefficient (Wildman–Crippen LogP) is 1.15. The van der Waals surface area contributed by atoms with Gasteiger partial charge in [-0.2, -0.15) is 5.10 Å². The number of anilines is 2. The number of benzene rings is 1. The van der Waals surface area contributed by atoms with E-state index in [9.17, 15) is 14.0 Å². The quantitative estimate of drug-likeness (QED) is 0.762. The van der Waals surface area contributed by atoms with Crippen molar-refractivity contribution >= 4 is 23.3 Å². The zero-order valence-electron chi connectivity index (χ0n) is 11.1. The second-order valence-electron chi connectivity index (χ2n) is 5.31. The summed E-state index contributed by atoms with van der Waals surface area (Å²) in [5.74, 6) is -0.594. The molecular weight excluding hydrogens is 275 g/mol. The van der Waals surface area contributed by atoms with Gasteiger partial charge in [-0.05, 0) is 23.8 Å². The summed E-state index contributed by atoms with van der Waals surface area (Å²) in [7, 11) is 1.63. The highest BCUT2D eigenvalue weighted by Crippen LogP contribution is 2.51. The van der Waals surface area contributed by atoms with E-state index < -0.39 is 11.2 Å². The van der Waals surface area contributed by atoms with Crippen LogP contribution < -0.4 is 10.2 Å². The molecule has 7 heteroatoms. The lowest BCUT2D eigenvalue weighted by molar-refractivity contribution is -0.126. The molecule has 2 N–H and O–H groups in total. The monoisotopic (exact) mass is 286 g/mol. The standard InChI is InChI=1S/C14H11FN4O2/c1-19-10-3-2-7(15)4-8(10)14(13(19)21)5-11(20)17-12-9(14)6-16-18-12/h2-4,6H,5H2,1H3,(H2,16,17,18,20)/t14-/m1/s1. The fraction of sp³-hybridized carbons (Fsp3) is 0.214. The third-order valence-corrected chi connectivity index (χ3v) is 4.24. The first kappa shape index (κ1) is 12.1. The molecule has 3 heterocycles. The summed E-state index contributed by atoms with van der Waals surface area (Å²) >= 11 is 0. The molecule has 2 aromatic rings. The molecule has 2 amide bonds. The maximum Gasteiger partial charge on any atom is 0.242 e. The summed E-state index contributed by atoms with van der Waals surface area (Å²) in [5, 5.41) is 9.23. The predicted molar refractivity (Wildman–Crippen MR) is 72.4 cm³/mol. The van der Waals surface area contributed by atoms with Gasteiger partial charge in [-0.1, -0.05) is 0 Å². The van der Waals surface area contributed by atoms with Gasteiger partial charge < -0.3 is 10.2 Å². The highest BCUT2D eigenvalue weighted by atomic mass is 19.1. The first-order chi connectivity index (χ1) is 10.0. The number of halogens is 1. The molecule has 4 rings (SSSR count). The lowest BCUT2D eigenvalue weighted by atomic mass is 9.72. The van der Waals surface area contributed by atoms with Crippen molar-refractivity contribution < 1.29 is 14.0 Å². The topological polar surface area (TPSA) is 78.1 Å². The normalized spacial score (nSPS) is 23.2. The highest BCUT2D eigenvalue weighted by molar-refractivity contribution is 6.15. The van der Waals surface area contributed by atoms with Gasteiger partial charge in [0.2, 0.25) is 11.8 Å². The third kappa shape index (κ3) is 1.32. The summed E-state index contributed by atoms with van der Waals surface area (Å²) in [6.45, 7) is 0. The highest BCUT2D eigenvalue weighted by Gasteiger charge is 2.56. The zero-order valence-corrected chi connectivity index (χ0v) is 11.1. The van der Waals surface area contributed by atoms with E-state index in [0.29, 0.717) is 22.6 Å². The Balaban J connectivity index is 2.08. The van der Waals surface area contributed by atoms with Crippen molar-refractivity contribution in [3.8, 4) is 0 Å². The van der Waals surface area contributed by atoms with Gasteiger partial charge in [0.25, 0.3) is 0 Å². The Bertz CT molecular complexity index is 800. The van der Waals surface area contributed by atoms with Gasteiger partial charge in [0, 0.05) is 24.7 Å². The number of aromatic amines is 1. The van der Waals surface area contributed by atoms with Crippen molar-refractivity contribution in [2.24, 2.45) is 0 Å². The summed E-state index contributed by atoms with van der Waals surface area (Å²) < 4.78 is 13.7. The number of nitrogens with zero attached hydrogens (tertiary/aromatic N) is 2. The van der Waals surface area contributed by atoms with E-state index in [0.717, 1.165) is 0 Å². The van der Waals surface area contributed by atoms with E-state index in [1.165, 1.54) is 23.2 Å². The van der Waals surface area contributed by atoms with E-state index in [4.69, 9.17) is 0 Å². The number of aromatic nitrogens is 2. The molecule has 1 aromatic heterocycles. The largest absolute Gasteiger partial charge is 0.314 e. The molecule has 0 unspecified atom stereocenters. The average Bonchev–Trinajstić information content (AvgIpc) is 2.99. The number of rotatable bonds is 0. The number of nitrogens with one attached hydrogen (secondary N) is 2. The number of likely N-dealkylation sites (N-methyl/N-ethyl adjacent to an activating group) is 1. The minimum atomic E-state index is -1.20. The smallest absolute Gasteiger partial charge is 0.242 e. The Kier molecular flexibility index (Phi) is 2.12. The number of hydrogen-bond acceptors (Lipinski definition) is 3. The Morgan fingerprint density at radius 3 is 2.95 bits per heavy atom. The molecule has 0 aliphatic carbocycles. The van der Waals surface area contributed by atoms with Crippen LogP contribution in [0.5, 0.6) is 0 Å². The maximum atomic E-state index is 13.7. The fourth-order valence-electron chi connectivity index (χ4n) is 3.31. The lowest BCUT2D eigenvalue weighted by Gasteiger charge is -2.31. The molecule has 0 fully saturated rings. The maximum absolute atomic E-state index is 13.7. The first-order valence-corrected chi connectivity index (χ1v) is 6.46. The fourth-order valence-corrected chi connectivity index (χ4v) is 3.31. The van der Waals surface area contributed by atoms with Crippen LogP contribution in [-0.2, 0) is 15.0 Å². The molecule has 1 aromatic carbocycles. The van der Waals surface area contributed by atoms with E-state index in [1.807, 2.05) is 0 Å². The van der Waals surface area contributed by atoms with Crippen LogP contribution in [0, 0.1) is 5.82 Å². The van der Waals surface area contributed by atoms with Crippen LogP contribution in [0.15, 0.2) is 24.4 Å². The summed E-state index contributed by atoms with van der Waals surface area (Å²) in [6, 6.07) is 4.19. The Hall–Kier alpha value is -2.70. The minimum Gasteiger partial charge on any atom is -0.314 e. The van der Waals surface area contributed by atoms with Crippen molar-refractivity contribution in [1.29, 1.82) is 0 Å². The molecule has 1 atom stereocenters. The van der Waals surface area contributed by atoms with Crippen LogP contribution in [0.25, 0.3) is 0 Å². The SMILES string of the molecule is CN1C(=O)[C@]2(CC(=O)Nc3[nH]ncc32)c2cc(F)ccc21. The Morgan fingerprint density at radius 2 is 2.14 bits per heavy atom. The van der Waals surface area contributed by atoms with Crippen LogP contribution >= 0.6 is 0 Å². The van der Waals surface area contributed by atoms with E-state index in [-0.39, 0.29) is 18.2 Å². The Morgan fingerprint density at radius 1 is 1.33 bits per heavy atom. The van der Waals surface area contributed by atoms with Crippen molar-refractivity contribution in [3.05, 3.63) is 41.3 Å². The number of hydrogen-bond donors (Lipinski definition) is 2. The van der Waals surface area contributed by atoms with E-state index >= 15 is 0 Å².